The largest absolute Gasteiger partial charge is 0.489 e. The monoisotopic (exact) mass is 537 g/mol. The van der Waals surface area contributed by atoms with Gasteiger partial charge < -0.3 is 14.5 Å². The van der Waals surface area contributed by atoms with Gasteiger partial charge in [0.2, 0.25) is 0 Å². The molecule has 2 aliphatic heterocycles. The van der Waals surface area contributed by atoms with Crippen LogP contribution in [0.25, 0.3) is 0 Å². The Kier molecular flexibility index (Phi) is 6.94. The summed E-state index contributed by atoms with van der Waals surface area (Å²) in [7, 11) is 0. The number of carbonyl (C=O) groups excluding carboxylic acids is 1. The van der Waals surface area contributed by atoms with Gasteiger partial charge in [0.15, 0.2) is 0 Å². The fraction of sp³-hybridized carbons (Fsp3) is 0.194. The van der Waals surface area contributed by atoms with Crippen LogP contribution in [-0.4, -0.2) is 33.3 Å². The Balaban J connectivity index is 1.46. The Bertz CT molecular complexity index is 1480. The lowest BCUT2D eigenvalue weighted by Crippen LogP contribution is -2.48. The molecule has 2 heterocycles. The van der Waals surface area contributed by atoms with Crippen LogP contribution in [0.15, 0.2) is 103 Å². The number of anilines is 1. The summed E-state index contributed by atoms with van der Waals surface area (Å²) in [5.74, 6) is 2.57. The number of hydrogen-bond donors (Lipinski definition) is 0. The molecule has 0 radical (unpaired) electrons. The van der Waals surface area contributed by atoms with Gasteiger partial charge in [-0.1, -0.05) is 72.8 Å². The van der Waals surface area contributed by atoms with Crippen molar-refractivity contribution in [3.63, 3.8) is 0 Å². The average molecular weight is 538 g/mol. The van der Waals surface area contributed by atoms with Crippen molar-refractivity contribution in [1.29, 1.82) is 0 Å². The molecule has 1 atom stereocenters. The van der Waals surface area contributed by atoms with Crippen LogP contribution in [0.2, 0.25) is 0 Å². The number of thioether (sulfide) groups is 1. The number of non-ortho nitro benzene ring substituents is 1. The Morgan fingerprint density at radius 1 is 0.821 bits per heavy atom. The number of nitrogens with zero attached hydrogens (tertiary/aromatic N) is 3. The number of carbonyl (C=O) groups is 1. The molecule has 0 aromatic heterocycles. The molecule has 0 bridgehead atoms. The summed E-state index contributed by atoms with van der Waals surface area (Å²) in [5, 5.41) is 11.6. The van der Waals surface area contributed by atoms with Gasteiger partial charge in [0.05, 0.1) is 16.2 Å². The molecule has 0 aliphatic carbocycles. The molecular weight excluding hydrogens is 510 g/mol. The Hall–Kier alpha value is -4.30. The van der Waals surface area contributed by atoms with E-state index in [1.54, 1.807) is 6.07 Å². The SMILES string of the molecule is O=C1c2cc([N+](=O)[O-])ccc2N(Cc2ccccc2)[C@@H](c2ccc(OC3CSC3)cc2)N1Cc1ccccc1. The highest BCUT2D eigenvalue weighted by atomic mass is 32.2. The van der Waals surface area contributed by atoms with Crippen molar-refractivity contribution in [3.8, 4) is 5.75 Å². The third kappa shape index (κ3) is 5.20. The maximum absolute atomic E-state index is 14.1. The molecule has 1 fully saturated rings. The van der Waals surface area contributed by atoms with Crippen LogP contribution in [0.5, 0.6) is 5.75 Å². The minimum atomic E-state index is -0.456. The topological polar surface area (TPSA) is 75.9 Å². The molecular formula is C31H27N3O4S. The molecule has 4 aromatic rings. The van der Waals surface area contributed by atoms with Crippen LogP contribution >= 0.6 is 11.8 Å². The lowest BCUT2D eigenvalue weighted by atomic mass is 9.98. The molecule has 0 N–H and O–H groups in total. The van der Waals surface area contributed by atoms with E-state index in [0.717, 1.165) is 33.9 Å². The average Bonchev–Trinajstić information content (AvgIpc) is 2.94. The summed E-state index contributed by atoms with van der Waals surface area (Å²) in [4.78, 5) is 29.2. The molecule has 0 spiro atoms. The van der Waals surface area contributed by atoms with Gasteiger partial charge in [-0.3, -0.25) is 14.9 Å². The van der Waals surface area contributed by atoms with Crippen LogP contribution < -0.4 is 9.64 Å². The molecule has 196 valence electrons. The highest BCUT2D eigenvalue weighted by Gasteiger charge is 2.39. The van der Waals surface area contributed by atoms with E-state index >= 15 is 0 Å². The van der Waals surface area contributed by atoms with Gasteiger partial charge in [-0.05, 0) is 34.9 Å². The molecule has 8 heteroatoms. The minimum absolute atomic E-state index is 0.101. The minimum Gasteiger partial charge on any atom is -0.489 e. The van der Waals surface area contributed by atoms with Gasteiger partial charge in [0, 0.05) is 36.7 Å². The highest BCUT2D eigenvalue weighted by molar-refractivity contribution is 8.00. The van der Waals surface area contributed by atoms with E-state index in [1.165, 1.54) is 12.1 Å². The molecule has 0 saturated carbocycles. The lowest BCUT2D eigenvalue weighted by Gasteiger charge is -2.46. The second-order valence-electron chi connectivity index (χ2n) is 9.71. The Morgan fingerprint density at radius 3 is 2.00 bits per heavy atom. The van der Waals surface area contributed by atoms with Crippen LogP contribution in [0, 0.1) is 10.1 Å². The molecule has 39 heavy (non-hydrogen) atoms. The normalized spacial score (nSPS) is 16.9. The Labute approximate surface area is 231 Å². The number of fused-ring (bicyclic) bond motifs is 1. The lowest BCUT2D eigenvalue weighted by molar-refractivity contribution is -0.384. The predicted octanol–water partition coefficient (Wildman–Crippen LogP) is 6.45. The van der Waals surface area contributed by atoms with Crippen molar-refractivity contribution in [3.05, 3.63) is 135 Å². The van der Waals surface area contributed by atoms with Gasteiger partial charge >= 0.3 is 0 Å². The first-order valence-corrected chi connectivity index (χ1v) is 14.0. The number of nitro groups is 1. The fourth-order valence-corrected chi connectivity index (χ4v) is 5.63. The first-order chi connectivity index (χ1) is 19.1. The summed E-state index contributed by atoms with van der Waals surface area (Å²) in [5.41, 5.74) is 3.89. The van der Waals surface area contributed by atoms with E-state index in [4.69, 9.17) is 4.74 Å². The standard InChI is InChI=1S/C31H27N3O4S/c35-31-28-17-25(34(36)37)13-16-29(28)32(18-22-7-3-1-4-8-22)30(33(31)19-23-9-5-2-6-10-23)24-11-14-26(15-12-24)38-27-20-39-21-27/h1-17,27,30H,18-21H2/t30-/m1/s1. The van der Waals surface area contributed by atoms with Crippen LogP contribution in [0.3, 0.4) is 0 Å². The fourth-order valence-electron chi connectivity index (χ4n) is 5.07. The van der Waals surface area contributed by atoms with E-state index in [2.05, 4.69) is 4.90 Å². The second-order valence-corrected chi connectivity index (χ2v) is 10.8. The number of amides is 1. The quantitative estimate of drug-likeness (QED) is 0.190. The zero-order valence-corrected chi connectivity index (χ0v) is 22.0. The van der Waals surface area contributed by atoms with Crippen LogP contribution in [0.1, 0.15) is 33.2 Å². The summed E-state index contributed by atoms with van der Waals surface area (Å²) in [6, 6.07) is 32.4. The third-order valence-corrected chi connectivity index (χ3v) is 8.28. The van der Waals surface area contributed by atoms with Crippen molar-refractivity contribution in [1.82, 2.24) is 4.90 Å². The molecule has 0 unspecified atom stereocenters. The number of hydrogen-bond acceptors (Lipinski definition) is 6. The molecule has 2 aliphatic rings. The zero-order valence-electron chi connectivity index (χ0n) is 21.2. The molecule has 4 aromatic carbocycles. The summed E-state index contributed by atoms with van der Waals surface area (Å²) in [6.45, 7) is 0.877. The van der Waals surface area contributed by atoms with Gasteiger partial charge in [-0.15, -0.1) is 0 Å². The maximum atomic E-state index is 14.1. The maximum Gasteiger partial charge on any atom is 0.270 e. The van der Waals surface area contributed by atoms with E-state index in [-0.39, 0.29) is 17.7 Å². The number of rotatable bonds is 8. The van der Waals surface area contributed by atoms with E-state index in [9.17, 15) is 14.9 Å². The van der Waals surface area contributed by atoms with Gasteiger partial charge in [0.1, 0.15) is 18.0 Å². The molecule has 7 nitrogen and oxygen atoms in total. The van der Waals surface area contributed by atoms with Crippen molar-refractivity contribution in [2.45, 2.75) is 25.4 Å². The summed E-state index contributed by atoms with van der Waals surface area (Å²) in [6.07, 6.45) is -0.191. The number of nitro benzene ring substituents is 1. The number of ether oxygens (including phenoxy) is 1. The van der Waals surface area contributed by atoms with Crippen molar-refractivity contribution < 1.29 is 14.5 Å². The molecule has 6 rings (SSSR count). The second kappa shape index (κ2) is 10.8. The summed E-state index contributed by atoms with van der Waals surface area (Å²) >= 11 is 1.87. The third-order valence-electron chi connectivity index (χ3n) is 7.06. The van der Waals surface area contributed by atoms with Gasteiger partial charge in [-0.2, -0.15) is 11.8 Å². The van der Waals surface area contributed by atoms with E-state index in [1.807, 2.05) is 102 Å². The molecule has 1 saturated heterocycles. The van der Waals surface area contributed by atoms with Gasteiger partial charge in [-0.25, -0.2) is 0 Å². The summed E-state index contributed by atoms with van der Waals surface area (Å²) < 4.78 is 6.07. The van der Waals surface area contributed by atoms with Crippen LogP contribution in [-0.2, 0) is 13.1 Å². The zero-order chi connectivity index (χ0) is 26.8. The predicted molar refractivity (Wildman–Crippen MR) is 153 cm³/mol. The van der Waals surface area contributed by atoms with E-state index in [0.29, 0.717) is 24.3 Å². The highest BCUT2D eigenvalue weighted by Crippen LogP contribution is 2.42. The van der Waals surface area contributed by atoms with Crippen LogP contribution in [0.4, 0.5) is 11.4 Å². The Morgan fingerprint density at radius 2 is 1.44 bits per heavy atom. The van der Waals surface area contributed by atoms with Crippen molar-refractivity contribution in [2.24, 2.45) is 0 Å². The first kappa shape index (κ1) is 25.0. The number of benzene rings is 4. The van der Waals surface area contributed by atoms with Gasteiger partial charge in [0.25, 0.3) is 11.6 Å². The first-order valence-electron chi connectivity index (χ1n) is 12.8. The smallest absolute Gasteiger partial charge is 0.270 e. The van der Waals surface area contributed by atoms with Crippen molar-refractivity contribution >= 4 is 29.0 Å². The molecule has 1 amide bonds. The van der Waals surface area contributed by atoms with Crippen molar-refractivity contribution in [2.75, 3.05) is 16.4 Å². The van der Waals surface area contributed by atoms with E-state index < -0.39 is 11.1 Å².